The van der Waals surface area contributed by atoms with Crippen LogP contribution in [0, 0.1) is 10.1 Å². The minimum atomic E-state index is -0.654. The second-order valence-corrected chi connectivity index (χ2v) is 7.95. The molecule has 2 aromatic rings. The van der Waals surface area contributed by atoms with Crippen molar-refractivity contribution in [1.82, 2.24) is 25.7 Å². The number of benzene rings is 1. The number of ether oxygens (including phenoxy) is 2. The second-order valence-electron chi connectivity index (χ2n) is 7.95. The fraction of sp³-hybridized carbons (Fsp3) is 0.500. The Morgan fingerprint density at radius 2 is 2.00 bits per heavy atom. The Kier molecular flexibility index (Phi) is 8.93. The summed E-state index contributed by atoms with van der Waals surface area (Å²) in [5.74, 6) is -0.260. The van der Waals surface area contributed by atoms with E-state index in [4.69, 9.17) is 10.5 Å². The number of nitrogens with one attached hydrogen (secondary N) is 2. The fourth-order valence-corrected chi connectivity index (χ4v) is 3.86. The summed E-state index contributed by atoms with van der Waals surface area (Å²) in [6, 6.07) is 5.60. The highest BCUT2D eigenvalue weighted by atomic mass is 16.6. The lowest BCUT2D eigenvalue weighted by Crippen LogP contribution is -2.36. The van der Waals surface area contributed by atoms with Gasteiger partial charge in [-0.05, 0) is 43.5 Å². The van der Waals surface area contributed by atoms with Crippen molar-refractivity contribution in [2.24, 2.45) is 0 Å². The van der Waals surface area contributed by atoms with Crippen LogP contribution in [-0.4, -0.2) is 52.7 Å². The molecule has 3 rings (SSSR count). The molecule has 12 heteroatoms. The largest absolute Gasteiger partial charge is 0.463 e. The van der Waals surface area contributed by atoms with Crippen molar-refractivity contribution in [2.45, 2.75) is 45.7 Å². The van der Waals surface area contributed by atoms with Gasteiger partial charge in [0.1, 0.15) is 0 Å². The second kappa shape index (κ2) is 12.1. The Labute approximate surface area is 198 Å². The van der Waals surface area contributed by atoms with Gasteiger partial charge in [0.25, 0.3) is 0 Å². The first-order valence-corrected chi connectivity index (χ1v) is 11.3. The van der Waals surface area contributed by atoms with Crippen LogP contribution in [0.15, 0.2) is 18.2 Å². The van der Waals surface area contributed by atoms with Crippen molar-refractivity contribution in [2.75, 3.05) is 32.5 Å². The molecule has 1 fully saturated rings. The number of hydrogen-bond donors (Lipinski definition) is 3. The van der Waals surface area contributed by atoms with Gasteiger partial charge in [0.05, 0.1) is 18.6 Å². The molecule has 0 aliphatic carbocycles. The number of nitrogens with zero attached hydrogens (tertiary/aromatic N) is 4. The fourth-order valence-electron chi connectivity index (χ4n) is 3.86. The van der Waals surface area contributed by atoms with Gasteiger partial charge in [0, 0.05) is 18.7 Å². The van der Waals surface area contributed by atoms with E-state index in [1.54, 1.807) is 0 Å². The van der Waals surface area contributed by atoms with Gasteiger partial charge in [0.2, 0.25) is 5.82 Å². The quantitative estimate of drug-likeness (QED) is 0.252. The smallest absolute Gasteiger partial charge is 0.421 e. The molecule has 0 radical (unpaired) electrons. The summed E-state index contributed by atoms with van der Waals surface area (Å²) < 4.78 is 10.2. The molecule has 0 spiro atoms. The molecule has 2 heterocycles. The highest BCUT2D eigenvalue weighted by molar-refractivity contribution is 5.80. The molecule has 0 unspecified atom stereocenters. The first-order valence-electron chi connectivity index (χ1n) is 11.3. The highest BCUT2D eigenvalue weighted by Crippen LogP contribution is 2.38. The number of carbonyl (C=O) groups is 1. The zero-order valence-corrected chi connectivity index (χ0v) is 19.5. The van der Waals surface area contributed by atoms with E-state index in [1.165, 1.54) is 7.11 Å². The van der Waals surface area contributed by atoms with Gasteiger partial charge in [0.15, 0.2) is 5.69 Å². The number of hydrogen-bond acceptors (Lipinski definition) is 10. The number of hydrazine groups is 1. The van der Waals surface area contributed by atoms with E-state index in [0.29, 0.717) is 24.3 Å². The Bertz CT molecular complexity index is 1010. The van der Waals surface area contributed by atoms with Crippen molar-refractivity contribution in [3.05, 3.63) is 39.4 Å². The zero-order valence-electron chi connectivity index (χ0n) is 19.5. The third kappa shape index (κ3) is 6.29. The van der Waals surface area contributed by atoms with Crippen LogP contribution in [0.4, 0.5) is 16.3 Å². The number of unbranched alkanes of at least 4 members (excludes halogenated alkanes) is 1. The van der Waals surface area contributed by atoms with Gasteiger partial charge < -0.3 is 15.2 Å². The topological polar surface area (TPSA) is 158 Å². The summed E-state index contributed by atoms with van der Waals surface area (Å²) in [7, 11) is 1.26. The minimum absolute atomic E-state index is 0.00544. The Balaban J connectivity index is 2.09. The molecule has 1 aromatic carbocycles. The average Bonchev–Trinajstić information content (AvgIpc) is 3.31. The first-order chi connectivity index (χ1) is 16.4. The molecule has 1 amide bonds. The Morgan fingerprint density at radius 3 is 2.68 bits per heavy atom. The summed E-state index contributed by atoms with van der Waals surface area (Å²) in [5, 5.41) is 12.0. The molecule has 184 valence electrons. The number of rotatable bonds is 11. The van der Waals surface area contributed by atoms with Gasteiger partial charge >= 0.3 is 17.8 Å². The molecular formula is C22H31N7O5. The molecule has 0 bridgehead atoms. The number of amides is 1. The van der Waals surface area contributed by atoms with Crippen molar-refractivity contribution in [3.63, 3.8) is 0 Å². The normalized spacial score (nSPS) is 13.6. The molecule has 1 aliphatic rings. The third-order valence-electron chi connectivity index (χ3n) is 5.52. The lowest BCUT2D eigenvalue weighted by atomic mass is 9.96. The van der Waals surface area contributed by atoms with Gasteiger partial charge in [-0.15, -0.1) is 0 Å². The Morgan fingerprint density at radius 1 is 1.26 bits per heavy atom. The van der Waals surface area contributed by atoms with Crippen LogP contribution in [0.1, 0.15) is 43.7 Å². The minimum Gasteiger partial charge on any atom is -0.463 e. The molecule has 0 saturated carbocycles. The van der Waals surface area contributed by atoms with Crippen molar-refractivity contribution >= 4 is 17.6 Å². The number of nitrogen functional groups attached to an aromatic ring is 1. The number of aromatic nitrogens is 2. The predicted molar refractivity (Wildman–Crippen MR) is 126 cm³/mol. The maximum absolute atomic E-state index is 12.0. The number of likely N-dealkylation sites (tertiary alicyclic amines) is 1. The maximum Gasteiger partial charge on any atom is 0.421 e. The summed E-state index contributed by atoms with van der Waals surface area (Å²) in [4.78, 5) is 33.6. The SMILES string of the molecule is CCCCOc1nc(N)c([N+](=O)[O-])c(-c2c(CNNC(=O)OC)cccc2CN2CCCC2)n1. The molecule has 0 atom stereocenters. The van der Waals surface area contributed by atoms with Crippen LogP contribution in [-0.2, 0) is 17.8 Å². The van der Waals surface area contributed by atoms with Gasteiger partial charge in [-0.1, -0.05) is 31.5 Å². The van der Waals surface area contributed by atoms with Crippen LogP contribution in [0.5, 0.6) is 6.01 Å². The molecule has 1 aromatic heterocycles. The standard InChI is InChI=1S/C22H31N7O5/c1-3-4-12-34-21-25-18(19(29(31)32)20(23)26-21)17-15(13-24-27-22(30)33-2)8-7-9-16(17)14-28-10-5-6-11-28/h7-9,24H,3-6,10-14H2,1-2H3,(H,27,30)(H2,23,25,26). The lowest BCUT2D eigenvalue weighted by molar-refractivity contribution is -0.383. The predicted octanol–water partition coefficient (Wildman–Crippen LogP) is 2.77. The van der Waals surface area contributed by atoms with Gasteiger partial charge in [-0.25, -0.2) is 10.2 Å². The van der Waals surface area contributed by atoms with Crippen LogP contribution < -0.4 is 21.3 Å². The van der Waals surface area contributed by atoms with E-state index >= 15 is 0 Å². The zero-order chi connectivity index (χ0) is 24.5. The molecule has 1 aliphatic heterocycles. The molecule has 34 heavy (non-hydrogen) atoms. The van der Waals surface area contributed by atoms with Crippen LogP contribution in [0.25, 0.3) is 11.3 Å². The van der Waals surface area contributed by atoms with E-state index < -0.39 is 11.0 Å². The first kappa shape index (κ1) is 25.1. The van der Waals surface area contributed by atoms with Crippen LogP contribution in [0.3, 0.4) is 0 Å². The number of carbonyl (C=O) groups excluding carboxylic acids is 1. The van der Waals surface area contributed by atoms with E-state index in [-0.39, 0.29) is 29.8 Å². The molecule has 1 saturated heterocycles. The summed E-state index contributed by atoms with van der Waals surface area (Å²) in [5.41, 5.74) is 13.0. The van der Waals surface area contributed by atoms with E-state index in [9.17, 15) is 14.9 Å². The summed E-state index contributed by atoms with van der Waals surface area (Å²) in [6.45, 7) is 5.07. The van der Waals surface area contributed by atoms with Crippen molar-refractivity contribution in [1.29, 1.82) is 0 Å². The maximum atomic E-state index is 12.0. The molecule has 12 nitrogen and oxygen atoms in total. The van der Waals surface area contributed by atoms with E-state index in [1.807, 2.05) is 25.1 Å². The Hall–Kier alpha value is -3.51. The number of nitro groups is 1. The van der Waals surface area contributed by atoms with E-state index in [0.717, 1.165) is 44.3 Å². The van der Waals surface area contributed by atoms with Crippen LogP contribution >= 0.6 is 0 Å². The van der Waals surface area contributed by atoms with Crippen LogP contribution in [0.2, 0.25) is 0 Å². The number of methoxy groups -OCH3 is 1. The molecule has 4 N–H and O–H groups in total. The van der Waals surface area contributed by atoms with Gasteiger partial charge in [-0.2, -0.15) is 9.97 Å². The lowest BCUT2D eigenvalue weighted by Gasteiger charge is -2.20. The highest BCUT2D eigenvalue weighted by Gasteiger charge is 2.29. The summed E-state index contributed by atoms with van der Waals surface area (Å²) >= 11 is 0. The third-order valence-corrected chi connectivity index (χ3v) is 5.52. The number of nitrogens with two attached hydrogens (primary N) is 1. The van der Waals surface area contributed by atoms with Crippen molar-refractivity contribution < 1.29 is 19.2 Å². The van der Waals surface area contributed by atoms with E-state index in [2.05, 4.69) is 30.5 Å². The van der Waals surface area contributed by atoms with Crippen molar-refractivity contribution in [3.8, 4) is 17.3 Å². The average molecular weight is 474 g/mol. The monoisotopic (exact) mass is 473 g/mol. The summed E-state index contributed by atoms with van der Waals surface area (Å²) in [6.07, 6.45) is 3.26. The molecular weight excluding hydrogens is 442 g/mol. The van der Waals surface area contributed by atoms with Gasteiger partial charge in [-0.3, -0.25) is 20.4 Å². The number of anilines is 1.